The molecule has 1 fully saturated rings. The van der Waals surface area contributed by atoms with E-state index >= 15 is 0 Å². The summed E-state index contributed by atoms with van der Waals surface area (Å²) in [6.45, 7) is 3.64. The molecule has 0 aromatic heterocycles. The van der Waals surface area contributed by atoms with Crippen LogP contribution in [0.15, 0.2) is 30.3 Å². The van der Waals surface area contributed by atoms with Crippen molar-refractivity contribution in [2.75, 3.05) is 26.2 Å². The van der Waals surface area contributed by atoms with E-state index in [1.54, 1.807) is 12.1 Å². The molecule has 0 atom stereocenters. The minimum atomic E-state index is -0.220. The lowest BCUT2D eigenvalue weighted by Gasteiger charge is -2.25. The zero-order valence-corrected chi connectivity index (χ0v) is 10.1. The summed E-state index contributed by atoms with van der Waals surface area (Å²) in [5.74, 6) is -0.220. The predicted molar refractivity (Wildman–Crippen MR) is 67.0 cm³/mol. The number of hydrogen-bond donors (Lipinski definition) is 0. The van der Waals surface area contributed by atoms with Crippen LogP contribution in [0.4, 0.5) is 0 Å². The highest BCUT2D eigenvalue weighted by molar-refractivity contribution is 5.89. The lowest BCUT2D eigenvalue weighted by molar-refractivity contribution is 0.0452. The molecule has 3 heteroatoms. The van der Waals surface area contributed by atoms with Crippen LogP contribution >= 0.6 is 0 Å². The zero-order chi connectivity index (χ0) is 11.9. The first kappa shape index (κ1) is 12.1. The molecule has 0 unspecified atom stereocenters. The number of benzene rings is 1. The van der Waals surface area contributed by atoms with E-state index < -0.39 is 0 Å². The molecule has 0 spiro atoms. The largest absolute Gasteiger partial charge is 0.461 e. The first-order chi connectivity index (χ1) is 8.36. The summed E-state index contributed by atoms with van der Waals surface area (Å²) >= 11 is 0. The molecule has 92 valence electrons. The molecule has 1 aromatic carbocycles. The van der Waals surface area contributed by atoms with Gasteiger partial charge in [-0.25, -0.2) is 4.79 Å². The number of carbonyl (C=O) groups excluding carboxylic acids is 1. The second kappa shape index (κ2) is 6.40. The van der Waals surface area contributed by atoms with E-state index in [1.165, 1.54) is 19.3 Å². The number of rotatable bonds is 4. The molecule has 1 aliphatic rings. The molecule has 17 heavy (non-hydrogen) atoms. The van der Waals surface area contributed by atoms with E-state index in [-0.39, 0.29) is 5.97 Å². The number of piperidine rings is 1. The van der Waals surface area contributed by atoms with Crippen molar-refractivity contribution in [3.05, 3.63) is 35.9 Å². The van der Waals surface area contributed by atoms with Crippen molar-refractivity contribution < 1.29 is 9.53 Å². The van der Waals surface area contributed by atoms with E-state index in [1.807, 2.05) is 18.2 Å². The van der Waals surface area contributed by atoms with Gasteiger partial charge in [-0.2, -0.15) is 0 Å². The van der Waals surface area contributed by atoms with Crippen LogP contribution in [0.3, 0.4) is 0 Å². The Bertz CT molecular complexity index is 344. The first-order valence-electron chi connectivity index (χ1n) is 6.31. The molecule has 1 aromatic rings. The fraction of sp³-hybridized carbons (Fsp3) is 0.500. The Morgan fingerprint density at radius 3 is 2.53 bits per heavy atom. The third-order valence-corrected chi connectivity index (χ3v) is 3.10. The van der Waals surface area contributed by atoms with Crippen LogP contribution in [-0.2, 0) is 4.74 Å². The van der Waals surface area contributed by atoms with Crippen LogP contribution in [0.2, 0.25) is 0 Å². The molecule has 0 radical (unpaired) electrons. The summed E-state index contributed by atoms with van der Waals surface area (Å²) in [5.41, 5.74) is 0.631. The van der Waals surface area contributed by atoms with Crippen LogP contribution in [0.5, 0.6) is 0 Å². The van der Waals surface area contributed by atoms with Crippen molar-refractivity contribution in [2.45, 2.75) is 19.3 Å². The maximum atomic E-state index is 11.6. The molecule has 0 N–H and O–H groups in total. The van der Waals surface area contributed by atoms with E-state index in [2.05, 4.69) is 4.90 Å². The Hall–Kier alpha value is -1.35. The average Bonchev–Trinajstić information content (AvgIpc) is 2.41. The molecular weight excluding hydrogens is 214 g/mol. The van der Waals surface area contributed by atoms with Gasteiger partial charge in [-0.1, -0.05) is 24.6 Å². The number of ether oxygens (including phenoxy) is 1. The molecule has 1 heterocycles. The SMILES string of the molecule is O=C(OCCN1CCCCC1)c1ccccc1. The molecule has 1 aliphatic heterocycles. The maximum Gasteiger partial charge on any atom is 0.338 e. The number of nitrogens with zero attached hydrogens (tertiary/aromatic N) is 1. The maximum absolute atomic E-state index is 11.6. The van der Waals surface area contributed by atoms with Crippen molar-refractivity contribution in [2.24, 2.45) is 0 Å². The van der Waals surface area contributed by atoms with Crippen LogP contribution in [0, 0.1) is 0 Å². The topological polar surface area (TPSA) is 29.5 Å². The van der Waals surface area contributed by atoms with Crippen molar-refractivity contribution >= 4 is 5.97 Å². The predicted octanol–water partition coefficient (Wildman–Crippen LogP) is 2.33. The summed E-state index contributed by atoms with van der Waals surface area (Å²) in [5, 5.41) is 0. The normalized spacial score (nSPS) is 16.7. The second-order valence-electron chi connectivity index (χ2n) is 4.40. The first-order valence-corrected chi connectivity index (χ1v) is 6.31. The highest BCUT2D eigenvalue weighted by atomic mass is 16.5. The Morgan fingerprint density at radius 1 is 1.12 bits per heavy atom. The zero-order valence-electron chi connectivity index (χ0n) is 10.1. The fourth-order valence-corrected chi connectivity index (χ4v) is 2.11. The Labute approximate surface area is 102 Å². The third-order valence-electron chi connectivity index (χ3n) is 3.10. The van der Waals surface area contributed by atoms with Crippen molar-refractivity contribution in [1.82, 2.24) is 4.90 Å². The van der Waals surface area contributed by atoms with Crippen LogP contribution in [0.25, 0.3) is 0 Å². The summed E-state index contributed by atoms with van der Waals surface area (Å²) < 4.78 is 5.25. The molecular formula is C14H19NO2. The van der Waals surface area contributed by atoms with Crippen LogP contribution in [-0.4, -0.2) is 37.1 Å². The third kappa shape index (κ3) is 3.86. The number of carbonyl (C=O) groups is 1. The van der Waals surface area contributed by atoms with Gasteiger partial charge in [-0.05, 0) is 38.1 Å². The van der Waals surface area contributed by atoms with Gasteiger partial charge < -0.3 is 4.74 Å². The molecule has 0 bridgehead atoms. The smallest absolute Gasteiger partial charge is 0.338 e. The van der Waals surface area contributed by atoms with Crippen LogP contribution < -0.4 is 0 Å². The Morgan fingerprint density at radius 2 is 1.82 bits per heavy atom. The molecule has 2 rings (SSSR count). The quantitative estimate of drug-likeness (QED) is 0.747. The molecule has 0 amide bonds. The van der Waals surface area contributed by atoms with Gasteiger partial charge in [0, 0.05) is 6.54 Å². The number of likely N-dealkylation sites (tertiary alicyclic amines) is 1. The number of hydrogen-bond acceptors (Lipinski definition) is 3. The van der Waals surface area contributed by atoms with Gasteiger partial charge in [-0.15, -0.1) is 0 Å². The van der Waals surface area contributed by atoms with Gasteiger partial charge in [0.1, 0.15) is 6.61 Å². The minimum absolute atomic E-state index is 0.220. The summed E-state index contributed by atoms with van der Waals surface area (Å²) in [4.78, 5) is 14.0. The Balaban J connectivity index is 1.69. The average molecular weight is 233 g/mol. The van der Waals surface area contributed by atoms with Gasteiger partial charge in [0.15, 0.2) is 0 Å². The summed E-state index contributed by atoms with van der Waals surface area (Å²) in [7, 11) is 0. The van der Waals surface area contributed by atoms with Gasteiger partial charge in [0.2, 0.25) is 0 Å². The van der Waals surface area contributed by atoms with Gasteiger partial charge in [0.05, 0.1) is 5.56 Å². The summed E-state index contributed by atoms with van der Waals surface area (Å²) in [6.07, 6.45) is 3.87. The van der Waals surface area contributed by atoms with Gasteiger partial charge in [-0.3, -0.25) is 4.90 Å². The van der Waals surface area contributed by atoms with Crippen molar-refractivity contribution in [3.8, 4) is 0 Å². The second-order valence-corrected chi connectivity index (χ2v) is 4.40. The van der Waals surface area contributed by atoms with E-state index in [0.29, 0.717) is 12.2 Å². The highest BCUT2D eigenvalue weighted by Crippen LogP contribution is 2.08. The minimum Gasteiger partial charge on any atom is -0.461 e. The van der Waals surface area contributed by atoms with Crippen LogP contribution in [0.1, 0.15) is 29.6 Å². The Kier molecular flexibility index (Phi) is 4.56. The molecule has 3 nitrogen and oxygen atoms in total. The lowest BCUT2D eigenvalue weighted by Crippen LogP contribution is -2.33. The van der Waals surface area contributed by atoms with E-state index in [4.69, 9.17) is 4.74 Å². The molecule has 0 aliphatic carbocycles. The monoisotopic (exact) mass is 233 g/mol. The standard InChI is InChI=1S/C14H19NO2/c16-14(13-7-3-1-4-8-13)17-12-11-15-9-5-2-6-10-15/h1,3-4,7-8H,2,5-6,9-12H2. The van der Waals surface area contributed by atoms with Crippen molar-refractivity contribution in [1.29, 1.82) is 0 Å². The van der Waals surface area contributed by atoms with Crippen molar-refractivity contribution in [3.63, 3.8) is 0 Å². The van der Waals surface area contributed by atoms with E-state index in [9.17, 15) is 4.79 Å². The van der Waals surface area contributed by atoms with E-state index in [0.717, 1.165) is 19.6 Å². The lowest BCUT2D eigenvalue weighted by atomic mass is 10.1. The van der Waals surface area contributed by atoms with Gasteiger partial charge in [0.25, 0.3) is 0 Å². The molecule has 1 saturated heterocycles. The fourth-order valence-electron chi connectivity index (χ4n) is 2.11. The highest BCUT2D eigenvalue weighted by Gasteiger charge is 2.11. The molecule has 0 saturated carbocycles. The number of esters is 1. The summed E-state index contributed by atoms with van der Waals surface area (Å²) in [6, 6.07) is 9.15. The van der Waals surface area contributed by atoms with Gasteiger partial charge >= 0.3 is 5.97 Å².